The van der Waals surface area contributed by atoms with Crippen LogP contribution in [0.4, 0.5) is 0 Å². The number of benzene rings is 2. The summed E-state index contributed by atoms with van der Waals surface area (Å²) in [6.07, 6.45) is 0. The van der Waals surface area contributed by atoms with Crippen molar-refractivity contribution in [3.05, 3.63) is 52.0 Å². The zero-order valence-corrected chi connectivity index (χ0v) is 12.4. The predicted octanol–water partition coefficient (Wildman–Crippen LogP) is 4.01. The van der Waals surface area contributed by atoms with Crippen molar-refractivity contribution in [1.29, 1.82) is 0 Å². The Morgan fingerprint density at radius 1 is 1.10 bits per heavy atom. The van der Waals surface area contributed by atoms with E-state index in [1.165, 1.54) is 0 Å². The minimum absolute atomic E-state index is 0.448. The Balaban J connectivity index is 2.36. The van der Waals surface area contributed by atoms with Crippen LogP contribution < -0.4 is 5.73 Å². The number of hydrogen-bond acceptors (Lipinski definition) is 2. The van der Waals surface area contributed by atoms with Gasteiger partial charge in [0.15, 0.2) is 0 Å². The third kappa shape index (κ3) is 1.99. The number of fused-ring (bicyclic) bond motifs is 1. The van der Waals surface area contributed by atoms with Gasteiger partial charge in [0, 0.05) is 13.6 Å². The lowest BCUT2D eigenvalue weighted by Crippen LogP contribution is -1.97. The van der Waals surface area contributed by atoms with Crippen LogP contribution >= 0.6 is 23.2 Å². The van der Waals surface area contributed by atoms with Crippen molar-refractivity contribution in [3.63, 3.8) is 0 Å². The maximum atomic E-state index is 6.27. The Hall–Kier alpha value is -1.55. The van der Waals surface area contributed by atoms with Crippen molar-refractivity contribution >= 4 is 34.2 Å². The first kappa shape index (κ1) is 13.4. The number of nitrogens with zero attached hydrogens (tertiary/aromatic N) is 2. The van der Waals surface area contributed by atoms with E-state index in [0.717, 1.165) is 28.0 Å². The topological polar surface area (TPSA) is 43.8 Å². The van der Waals surface area contributed by atoms with Crippen LogP contribution in [0.3, 0.4) is 0 Å². The minimum atomic E-state index is 0.448. The molecule has 0 aliphatic rings. The second-order valence-corrected chi connectivity index (χ2v) is 5.39. The summed E-state index contributed by atoms with van der Waals surface area (Å²) in [4.78, 5) is 4.69. The summed E-state index contributed by atoms with van der Waals surface area (Å²) in [5.74, 6) is 0.747. The van der Waals surface area contributed by atoms with Crippen molar-refractivity contribution in [2.75, 3.05) is 0 Å². The summed E-state index contributed by atoms with van der Waals surface area (Å²) in [6.45, 7) is 0.448. The molecule has 0 spiro atoms. The minimum Gasteiger partial charge on any atom is -0.327 e. The third-order valence-corrected chi connectivity index (χ3v) is 4.03. The van der Waals surface area contributed by atoms with Gasteiger partial charge in [0.2, 0.25) is 0 Å². The average molecular weight is 306 g/mol. The average Bonchev–Trinajstić information content (AvgIpc) is 2.76. The lowest BCUT2D eigenvalue weighted by atomic mass is 10.2. The summed E-state index contributed by atoms with van der Waals surface area (Å²) < 4.78 is 1.99. The van der Waals surface area contributed by atoms with Gasteiger partial charge in [-0.05, 0) is 23.8 Å². The third-order valence-electron chi connectivity index (χ3n) is 3.40. The second-order valence-electron chi connectivity index (χ2n) is 4.58. The molecule has 0 amide bonds. The van der Waals surface area contributed by atoms with Gasteiger partial charge in [-0.25, -0.2) is 4.98 Å². The van der Waals surface area contributed by atoms with Crippen LogP contribution in [0.1, 0.15) is 5.56 Å². The molecule has 3 rings (SSSR count). The van der Waals surface area contributed by atoms with Gasteiger partial charge in [0.1, 0.15) is 5.82 Å². The van der Waals surface area contributed by atoms with Crippen LogP contribution in [0.25, 0.3) is 22.4 Å². The molecule has 0 unspecified atom stereocenters. The summed E-state index contributed by atoms with van der Waals surface area (Å²) in [5.41, 5.74) is 9.43. The summed E-state index contributed by atoms with van der Waals surface area (Å²) in [5, 5.41) is 1.18. The highest BCUT2D eigenvalue weighted by atomic mass is 35.5. The maximum Gasteiger partial charge on any atom is 0.143 e. The van der Waals surface area contributed by atoms with Crippen molar-refractivity contribution in [1.82, 2.24) is 9.55 Å². The van der Waals surface area contributed by atoms with E-state index in [1.54, 1.807) is 0 Å². The first-order valence-electron chi connectivity index (χ1n) is 6.22. The highest BCUT2D eigenvalue weighted by molar-refractivity contribution is 6.39. The van der Waals surface area contributed by atoms with Crippen LogP contribution in [-0.4, -0.2) is 9.55 Å². The lowest BCUT2D eigenvalue weighted by molar-refractivity contribution is 0.959. The molecular weight excluding hydrogens is 293 g/mol. The summed E-state index contributed by atoms with van der Waals surface area (Å²) in [7, 11) is 1.95. The van der Waals surface area contributed by atoms with Crippen molar-refractivity contribution in [2.24, 2.45) is 12.8 Å². The molecule has 0 aliphatic heterocycles. The molecule has 0 saturated heterocycles. The number of halogens is 2. The van der Waals surface area contributed by atoms with E-state index in [9.17, 15) is 0 Å². The number of para-hydroxylation sites is 1. The predicted molar refractivity (Wildman–Crippen MR) is 84.1 cm³/mol. The Labute approximate surface area is 126 Å². The number of nitrogens with two attached hydrogens (primary N) is 1. The number of rotatable bonds is 2. The standard InChI is InChI=1S/C15H13Cl2N3/c1-20-12-7-2-4-9(8-18)14(12)19-15(20)13-10(16)5-3-6-11(13)17/h2-7H,8,18H2,1H3. The van der Waals surface area contributed by atoms with E-state index in [-0.39, 0.29) is 0 Å². The number of aromatic nitrogens is 2. The van der Waals surface area contributed by atoms with Gasteiger partial charge < -0.3 is 10.3 Å². The number of imidazole rings is 1. The Kier molecular flexibility index (Phi) is 3.42. The zero-order valence-electron chi connectivity index (χ0n) is 10.9. The van der Waals surface area contributed by atoms with Gasteiger partial charge in [0.05, 0.1) is 26.6 Å². The Bertz CT molecular complexity index is 773. The molecule has 3 aromatic rings. The van der Waals surface area contributed by atoms with E-state index >= 15 is 0 Å². The van der Waals surface area contributed by atoms with E-state index in [1.807, 2.05) is 48.0 Å². The molecule has 0 fully saturated rings. The van der Waals surface area contributed by atoms with E-state index < -0.39 is 0 Å². The monoisotopic (exact) mass is 305 g/mol. The fourth-order valence-corrected chi connectivity index (χ4v) is 2.94. The molecule has 1 aromatic heterocycles. The summed E-state index contributed by atoms with van der Waals surface area (Å²) >= 11 is 12.5. The first-order valence-corrected chi connectivity index (χ1v) is 6.98. The van der Waals surface area contributed by atoms with Crippen LogP contribution in [0.5, 0.6) is 0 Å². The van der Waals surface area contributed by atoms with E-state index in [4.69, 9.17) is 28.9 Å². The van der Waals surface area contributed by atoms with Gasteiger partial charge in [0.25, 0.3) is 0 Å². The van der Waals surface area contributed by atoms with Crippen LogP contribution in [0.15, 0.2) is 36.4 Å². The van der Waals surface area contributed by atoms with E-state index in [0.29, 0.717) is 16.6 Å². The molecule has 102 valence electrons. The maximum absolute atomic E-state index is 6.27. The van der Waals surface area contributed by atoms with E-state index in [2.05, 4.69) is 4.98 Å². The van der Waals surface area contributed by atoms with Gasteiger partial charge in [-0.2, -0.15) is 0 Å². The fraction of sp³-hybridized carbons (Fsp3) is 0.133. The normalized spacial score (nSPS) is 11.2. The van der Waals surface area contributed by atoms with Gasteiger partial charge in [-0.15, -0.1) is 0 Å². The van der Waals surface area contributed by atoms with Gasteiger partial charge in [-0.3, -0.25) is 0 Å². The van der Waals surface area contributed by atoms with Gasteiger partial charge >= 0.3 is 0 Å². The number of aryl methyl sites for hydroxylation is 1. The smallest absolute Gasteiger partial charge is 0.143 e. The van der Waals surface area contributed by atoms with Crippen LogP contribution in [0, 0.1) is 0 Å². The highest BCUT2D eigenvalue weighted by Gasteiger charge is 2.16. The molecule has 3 nitrogen and oxygen atoms in total. The van der Waals surface area contributed by atoms with Crippen LogP contribution in [0.2, 0.25) is 10.0 Å². The summed E-state index contributed by atoms with van der Waals surface area (Å²) in [6, 6.07) is 11.4. The van der Waals surface area contributed by atoms with Gasteiger partial charge in [-0.1, -0.05) is 41.4 Å². The number of hydrogen-bond donors (Lipinski definition) is 1. The molecule has 5 heteroatoms. The highest BCUT2D eigenvalue weighted by Crippen LogP contribution is 2.35. The molecular formula is C15H13Cl2N3. The quantitative estimate of drug-likeness (QED) is 0.777. The molecule has 2 N–H and O–H groups in total. The molecule has 2 aromatic carbocycles. The second kappa shape index (κ2) is 5.09. The molecule has 0 radical (unpaired) electrons. The van der Waals surface area contributed by atoms with Crippen molar-refractivity contribution in [3.8, 4) is 11.4 Å². The molecule has 1 heterocycles. The molecule has 0 atom stereocenters. The lowest BCUT2D eigenvalue weighted by Gasteiger charge is -2.06. The molecule has 20 heavy (non-hydrogen) atoms. The molecule has 0 saturated carbocycles. The molecule has 0 bridgehead atoms. The fourth-order valence-electron chi connectivity index (χ4n) is 2.37. The zero-order chi connectivity index (χ0) is 14.3. The SMILES string of the molecule is Cn1c(-c2c(Cl)cccc2Cl)nc2c(CN)cccc21. The largest absolute Gasteiger partial charge is 0.327 e. The Morgan fingerprint density at radius 2 is 1.75 bits per heavy atom. The van der Waals surface area contributed by atoms with Crippen LogP contribution in [-0.2, 0) is 13.6 Å². The molecule has 0 aliphatic carbocycles. The Morgan fingerprint density at radius 3 is 2.40 bits per heavy atom. The van der Waals surface area contributed by atoms with Crippen molar-refractivity contribution in [2.45, 2.75) is 6.54 Å². The van der Waals surface area contributed by atoms with Crippen molar-refractivity contribution < 1.29 is 0 Å². The first-order chi connectivity index (χ1) is 9.63.